The van der Waals surface area contributed by atoms with Crippen LogP contribution in [-0.2, 0) is 10.2 Å². The van der Waals surface area contributed by atoms with Crippen molar-refractivity contribution in [2.45, 2.75) is 18.5 Å². The summed E-state index contributed by atoms with van der Waals surface area (Å²) in [6, 6.07) is 9.87. The lowest BCUT2D eigenvalue weighted by Gasteiger charge is -2.33. The molecule has 0 amide bonds. The highest BCUT2D eigenvalue weighted by Crippen LogP contribution is 2.46. The Bertz CT molecular complexity index is 592. The molecule has 7 heteroatoms. The van der Waals surface area contributed by atoms with Gasteiger partial charge in [-0.3, -0.25) is 4.79 Å². The Kier molecular flexibility index (Phi) is 6.04. The van der Waals surface area contributed by atoms with E-state index in [0.717, 1.165) is 6.92 Å². The molecular formula is C16H14ClF3O3. The van der Waals surface area contributed by atoms with Crippen LogP contribution in [0.5, 0.6) is 11.5 Å². The Balaban J connectivity index is 0.000000816. The van der Waals surface area contributed by atoms with Crippen molar-refractivity contribution in [3.05, 3.63) is 59.7 Å². The van der Waals surface area contributed by atoms with E-state index in [0.29, 0.717) is 0 Å². The molecule has 0 aliphatic heterocycles. The molecule has 2 N–H and O–H groups in total. The monoisotopic (exact) mass is 346 g/mol. The third kappa shape index (κ3) is 4.16. The van der Waals surface area contributed by atoms with Crippen LogP contribution in [0.3, 0.4) is 0 Å². The molecule has 0 saturated carbocycles. The molecule has 0 aliphatic rings. The normalized spacial score (nSPS) is 11.3. The van der Waals surface area contributed by atoms with Crippen LogP contribution in [0.2, 0.25) is 0 Å². The van der Waals surface area contributed by atoms with Crippen molar-refractivity contribution < 1.29 is 28.2 Å². The van der Waals surface area contributed by atoms with Crippen LogP contribution in [0.4, 0.5) is 13.2 Å². The van der Waals surface area contributed by atoms with Crippen LogP contribution in [0.15, 0.2) is 48.5 Å². The van der Waals surface area contributed by atoms with Gasteiger partial charge in [0, 0.05) is 0 Å². The lowest BCUT2D eigenvalue weighted by molar-refractivity contribution is -0.173. The zero-order valence-electron chi connectivity index (χ0n) is 12.0. The highest BCUT2D eigenvalue weighted by molar-refractivity contribution is 6.54. The number of alkyl halides is 3. The molecule has 0 atom stereocenters. The number of hydrogen-bond donors (Lipinski definition) is 2. The second-order valence-electron chi connectivity index (χ2n) is 4.81. The first kappa shape index (κ1) is 18.8. The minimum absolute atomic E-state index is 0.0217. The largest absolute Gasteiger partial charge is 0.508 e. The van der Waals surface area contributed by atoms with Gasteiger partial charge in [-0.1, -0.05) is 24.3 Å². The number of halogens is 4. The summed E-state index contributed by atoms with van der Waals surface area (Å²) in [6.45, 7) is 1.08. The minimum Gasteiger partial charge on any atom is -0.508 e. The van der Waals surface area contributed by atoms with Gasteiger partial charge < -0.3 is 10.2 Å². The van der Waals surface area contributed by atoms with E-state index < -0.39 is 11.6 Å². The molecular weight excluding hydrogens is 333 g/mol. The molecule has 0 fully saturated rings. The third-order valence-corrected chi connectivity index (χ3v) is 3.46. The van der Waals surface area contributed by atoms with E-state index in [-0.39, 0.29) is 28.4 Å². The van der Waals surface area contributed by atoms with E-state index in [2.05, 4.69) is 11.6 Å². The van der Waals surface area contributed by atoms with Gasteiger partial charge in [0.25, 0.3) is 0 Å². The average molecular weight is 347 g/mol. The van der Waals surface area contributed by atoms with E-state index in [4.69, 9.17) is 4.79 Å². The summed E-state index contributed by atoms with van der Waals surface area (Å²) in [6.07, 6.45) is -4.51. The molecule has 0 radical (unpaired) electrons. The first-order chi connectivity index (χ1) is 10.7. The fourth-order valence-corrected chi connectivity index (χ4v) is 2.08. The number of hydrogen-bond acceptors (Lipinski definition) is 3. The van der Waals surface area contributed by atoms with E-state index >= 15 is 0 Å². The number of carbonyl (C=O) groups is 1. The number of rotatable bonds is 2. The minimum atomic E-state index is -4.51. The second-order valence-corrected chi connectivity index (χ2v) is 4.98. The van der Waals surface area contributed by atoms with Gasteiger partial charge >= 0.3 is 6.18 Å². The molecule has 0 saturated heterocycles. The van der Waals surface area contributed by atoms with Gasteiger partial charge in [0.05, 0.1) is 0 Å². The molecule has 3 nitrogen and oxygen atoms in total. The maximum Gasteiger partial charge on any atom is 0.402 e. The highest BCUT2D eigenvalue weighted by Gasteiger charge is 2.53. The van der Waals surface area contributed by atoms with E-state index in [1.165, 1.54) is 48.5 Å². The van der Waals surface area contributed by atoms with E-state index in [9.17, 15) is 23.4 Å². The molecule has 0 aromatic heterocycles. The molecule has 2 aromatic rings. The van der Waals surface area contributed by atoms with Crippen LogP contribution in [0.25, 0.3) is 0 Å². The van der Waals surface area contributed by atoms with Crippen molar-refractivity contribution in [3.8, 4) is 11.5 Å². The van der Waals surface area contributed by atoms with Crippen LogP contribution in [0.1, 0.15) is 18.1 Å². The molecule has 0 unspecified atom stereocenters. The van der Waals surface area contributed by atoms with Gasteiger partial charge in [-0.25, -0.2) is 0 Å². The van der Waals surface area contributed by atoms with Crippen molar-refractivity contribution in [1.82, 2.24) is 0 Å². The predicted molar refractivity (Wildman–Crippen MR) is 81.3 cm³/mol. The highest BCUT2D eigenvalue weighted by atomic mass is 35.5. The zero-order chi connectivity index (χ0) is 17.7. The van der Waals surface area contributed by atoms with Crippen LogP contribution in [-0.4, -0.2) is 22.1 Å². The summed E-state index contributed by atoms with van der Waals surface area (Å²) >= 11 is 4.32. The first-order valence-corrected chi connectivity index (χ1v) is 6.80. The summed E-state index contributed by atoms with van der Waals surface area (Å²) < 4.78 is 40.7. The number of phenolic OH excluding ortho intramolecular Hbond substituents is 2. The number of phenols is 2. The van der Waals surface area contributed by atoms with Gasteiger partial charge in [-0.05, 0) is 53.9 Å². The van der Waals surface area contributed by atoms with Crippen molar-refractivity contribution in [2.24, 2.45) is 0 Å². The Morgan fingerprint density at radius 2 is 1.13 bits per heavy atom. The van der Waals surface area contributed by atoms with Crippen molar-refractivity contribution >= 4 is 17.3 Å². The molecule has 23 heavy (non-hydrogen) atoms. The van der Waals surface area contributed by atoms with Gasteiger partial charge in [0.1, 0.15) is 16.9 Å². The van der Waals surface area contributed by atoms with Gasteiger partial charge in [-0.2, -0.15) is 13.2 Å². The lowest BCUT2D eigenvalue weighted by atomic mass is 9.75. The summed E-state index contributed by atoms with van der Waals surface area (Å²) in [4.78, 5) is 8.57. The number of aromatic hydroxyl groups is 2. The quantitative estimate of drug-likeness (QED) is 0.626. The molecule has 2 rings (SSSR count). The summed E-state index contributed by atoms with van der Waals surface area (Å²) in [5.41, 5.74) is -2.17. The van der Waals surface area contributed by atoms with Crippen molar-refractivity contribution in [3.63, 3.8) is 0 Å². The van der Waals surface area contributed by atoms with Crippen LogP contribution >= 0.6 is 11.6 Å². The second kappa shape index (κ2) is 7.37. The van der Waals surface area contributed by atoms with Crippen LogP contribution < -0.4 is 0 Å². The van der Waals surface area contributed by atoms with Crippen LogP contribution in [0, 0.1) is 0 Å². The van der Waals surface area contributed by atoms with E-state index in [1.54, 1.807) is 0 Å². The zero-order valence-corrected chi connectivity index (χ0v) is 12.8. The Morgan fingerprint density at radius 3 is 1.35 bits per heavy atom. The van der Waals surface area contributed by atoms with Crippen molar-refractivity contribution in [1.29, 1.82) is 0 Å². The Labute approximate surface area is 136 Å². The van der Waals surface area contributed by atoms with Gasteiger partial charge in [0.15, 0.2) is 0 Å². The smallest absolute Gasteiger partial charge is 0.402 e. The molecule has 0 heterocycles. The maximum atomic E-state index is 13.6. The standard InChI is InChI=1S/C15H13F3O2.CHClO/c1-14(15(16,17)18,10-2-6-12(19)7-3-10)11-4-8-13(20)9-5-11;2-1-3/h2-9,19-20H,1H3;1H. The predicted octanol–water partition coefficient (Wildman–Crippen LogP) is 4.38. The SMILES string of the molecule is CC(c1ccc(O)cc1)(c1ccc(O)cc1)C(F)(F)F.O=CCl. The van der Waals surface area contributed by atoms with Gasteiger partial charge in [0.2, 0.25) is 5.75 Å². The summed E-state index contributed by atoms with van der Waals surface area (Å²) in [7, 11) is 0. The molecule has 0 bridgehead atoms. The fraction of sp³-hybridized carbons (Fsp3) is 0.188. The van der Waals surface area contributed by atoms with Gasteiger partial charge in [-0.15, -0.1) is 0 Å². The lowest BCUT2D eigenvalue weighted by Crippen LogP contribution is -2.40. The maximum absolute atomic E-state index is 13.6. The summed E-state index contributed by atoms with van der Waals surface area (Å²) in [5, 5.41) is 18.4. The number of carbonyl (C=O) groups excluding carboxylic acids is 1. The van der Waals surface area contributed by atoms with Crippen molar-refractivity contribution in [2.75, 3.05) is 0 Å². The number of benzene rings is 2. The molecule has 0 spiro atoms. The molecule has 0 aliphatic carbocycles. The van der Waals surface area contributed by atoms with E-state index in [1.807, 2.05) is 0 Å². The summed E-state index contributed by atoms with van der Waals surface area (Å²) in [5.74, 6) is 0.0351. The topological polar surface area (TPSA) is 57.5 Å². The Hall–Kier alpha value is -2.21. The first-order valence-electron chi connectivity index (χ1n) is 6.36. The third-order valence-electron chi connectivity index (χ3n) is 3.46. The fourth-order valence-electron chi connectivity index (χ4n) is 2.08. The Morgan fingerprint density at radius 1 is 0.870 bits per heavy atom. The average Bonchev–Trinajstić information content (AvgIpc) is 2.47. The molecule has 124 valence electrons. The molecule has 2 aromatic carbocycles.